The number of benzene rings is 1. The molecule has 1 atom stereocenters. The Morgan fingerprint density at radius 3 is 2.50 bits per heavy atom. The summed E-state index contributed by atoms with van der Waals surface area (Å²) in [5, 5.41) is 14.2. The minimum absolute atomic E-state index is 0.0300. The average Bonchev–Trinajstić information content (AvgIpc) is 2.44. The number of rotatable bonds is 6. The fraction of sp³-hybridized carbons (Fsp3) is 0.357. The molecule has 1 amide bonds. The summed E-state index contributed by atoms with van der Waals surface area (Å²) in [5.41, 5.74) is 0.470. The number of amides is 1. The zero-order valence-corrected chi connectivity index (χ0v) is 12.1. The van der Waals surface area contributed by atoms with Gasteiger partial charge in [-0.2, -0.15) is 0 Å². The van der Waals surface area contributed by atoms with Gasteiger partial charge < -0.3 is 10.4 Å². The molecule has 108 valence electrons. The molecule has 3 N–H and O–H groups in total. The lowest BCUT2D eigenvalue weighted by molar-refractivity contribution is -0.139. The summed E-state index contributed by atoms with van der Waals surface area (Å²) in [7, 11) is 0. The van der Waals surface area contributed by atoms with Crippen molar-refractivity contribution in [1.82, 2.24) is 10.6 Å². The van der Waals surface area contributed by atoms with Crippen molar-refractivity contribution in [3.8, 4) is 0 Å². The predicted molar refractivity (Wildman–Crippen MR) is 80.6 cm³/mol. The Balaban J connectivity index is 2.53. The number of thiocarbonyl (C=S) groups is 1. The summed E-state index contributed by atoms with van der Waals surface area (Å²) < 4.78 is 0. The van der Waals surface area contributed by atoms with Crippen LogP contribution in [0.3, 0.4) is 0 Å². The third-order valence-electron chi connectivity index (χ3n) is 2.71. The summed E-state index contributed by atoms with van der Waals surface area (Å²) in [6.07, 6.45) is 2.14. The summed E-state index contributed by atoms with van der Waals surface area (Å²) in [4.78, 5) is 22.9. The van der Waals surface area contributed by atoms with Crippen LogP contribution in [0, 0.1) is 0 Å². The monoisotopic (exact) mass is 294 g/mol. The van der Waals surface area contributed by atoms with Crippen molar-refractivity contribution in [2.45, 2.75) is 32.2 Å². The zero-order valence-electron chi connectivity index (χ0n) is 11.3. The number of hydrogen-bond donors (Lipinski definition) is 3. The molecule has 20 heavy (non-hydrogen) atoms. The number of carboxylic acids is 1. The van der Waals surface area contributed by atoms with Gasteiger partial charge in [0.1, 0.15) is 6.04 Å². The van der Waals surface area contributed by atoms with Crippen LogP contribution in [-0.2, 0) is 4.79 Å². The lowest BCUT2D eigenvalue weighted by Gasteiger charge is -2.16. The van der Waals surface area contributed by atoms with E-state index in [4.69, 9.17) is 17.3 Å². The van der Waals surface area contributed by atoms with Crippen LogP contribution in [-0.4, -0.2) is 28.1 Å². The first-order valence-corrected chi connectivity index (χ1v) is 6.85. The largest absolute Gasteiger partial charge is 0.480 e. The predicted octanol–water partition coefficient (Wildman–Crippen LogP) is 1.93. The van der Waals surface area contributed by atoms with Gasteiger partial charge in [-0.3, -0.25) is 10.1 Å². The first-order valence-electron chi connectivity index (χ1n) is 6.44. The van der Waals surface area contributed by atoms with E-state index in [2.05, 4.69) is 10.6 Å². The summed E-state index contributed by atoms with van der Waals surface area (Å²) in [6.45, 7) is 1.98. The molecule has 0 fully saturated rings. The van der Waals surface area contributed by atoms with Crippen molar-refractivity contribution in [3.63, 3.8) is 0 Å². The molecule has 5 nitrogen and oxygen atoms in total. The summed E-state index contributed by atoms with van der Waals surface area (Å²) in [6, 6.07) is 7.82. The van der Waals surface area contributed by atoms with E-state index in [0.717, 1.165) is 12.8 Å². The average molecular weight is 294 g/mol. The molecular weight excluding hydrogens is 276 g/mol. The molecule has 0 saturated carbocycles. The van der Waals surface area contributed by atoms with Gasteiger partial charge >= 0.3 is 5.97 Å². The topological polar surface area (TPSA) is 78.4 Å². The van der Waals surface area contributed by atoms with Crippen LogP contribution < -0.4 is 10.6 Å². The van der Waals surface area contributed by atoms with Gasteiger partial charge in [0, 0.05) is 5.56 Å². The maximum absolute atomic E-state index is 11.8. The molecule has 0 saturated heterocycles. The van der Waals surface area contributed by atoms with Crippen LogP contribution in [0.4, 0.5) is 0 Å². The van der Waals surface area contributed by atoms with E-state index < -0.39 is 12.0 Å². The van der Waals surface area contributed by atoms with E-state index in [-0.39, 0.29) is 11.0 Å². The fourth-order valence-corrected chi connectivity index (χ4v) is 1.86. The van der Waals surface area contributed by atoms with Crippen LogP contribution in [0.5, 0.6) is 0 Å². The number of carbonyl (C=O) groups excluding carboxylic acids is 1. The highest BCUT2D eigenvalue weighted by atomic mass is 32.1. The van der Waals surface area contributed by atoms with E-state index in [1.165, 1.54) is 0 Å². The zero-order chi connectivity index (χ0) is 15.0. The van der Waals surface area contributed by atoms with E-state index >= 15 is 0 Å². The molecule has 1 aromatic carbocycles. The molecular formula is C14H18N2O3S. The second kappa shape index (κ2) is 8.27. The molecule has 0 radical (unpaired) electrons. The first-order chi connectivity index (χ1) is 9.54. The van der Waals surface area contributed by atoms with E-state index in [1.54, 1.807) is 30.3 Å². The minimum Gasteiger partial charge on any atom is -0.480 e. The van der Waals surface area contributed by atoms with Crippen LogP contribution in [0.1, 0.15) is 36.5 Å². The Hall–Kier alpha value is -1.95. The minimum atomic E-state index is -0.977. The Labute approximate surface area is 123 Å². The van der Waals surface area contributed by atoms with Crippen LogP contribution in [0.15, 0.2) is 30.3 Å². The SMILES string of the molecule is CCCCC(NC(=S)NC(=O)c1ccccc1)C(=O)O. The van der Waals surface area contributed by atoms with Gasteiger partial charge in [-0.1, -0.05) is 38.0 Å². The van der Waals surface area contributed by atoms with Crippen LogP contribution >= 0.6 is 12.2 Å². The van der Waals surface area contributed by atoms with Crippen molar-refractivity contribution in [3.05, 3.63) is 35.9 Å². The highest BCUT2D eigenvalue weighted by Crippen LogP contribution is 2.01. The molecule has 1 unspecified atom stereocenters. The molecule has 0 aliphatic heterocycles. The molecule has 0 heterocycles. The van der Waals surface area contributed by atoms with Crippen molar-refractivity contribution in [2.24, 2.45) is 0 Å². The standard InChI is InChI=1S/C14H18N2O3S/c1-2-3-9-11(13(18)19)15-14(20)16-12(17)10-7-5-4-6-8-10/h4-8,11H,2-3,9H2,1H3,(H,18,19)(H2,15,16,17,20). The van der Waals surface area contributed by atoms with Gasteiger partial charge in [0.05, 0.1) is 0 Å². The summed E-state index contributed by atoms with van der Waals surface area (Å²) in [5.74, 6) is -1.34. The lowest BCUT2D eigenvalue weighted by Crippen LogP contribution is -2.47. The van der Waals surface area contributed by atoms with Crippen LogP contribution in [0.2, 0.25) is 0 Å². The van der Waals surface area contributed by atoms with Crippen molar-refractivity contribution in [2.75, 3.05) is 0 Å². The second-order valence-electron chi connectivity index (χ2n) is 4.33. The van der Waals surface area contributed by atoms with Gasteiger partial charge in [0.25, 0.3) is 5.91 Å². The molecule has 0 aliphatic carbocycles. The van der Waals surface area contributed by atoms with Crippen LogP contribution in [0.25, 0.3) is 0 Å². The number of aliphatic carboxylic acids is 1. The molecule has 1 aromatic rings. The Kier molecular flexibility index (Phi) is 6.66. The van der Waals surface area contributed by atoms with E-state index in [0.29, 0.717) is 12.0 Å². The fourth-order valence-electron chi connectivity index (χ4n) is 1.62. The van der Waals surface area contributed by atoms with Crippen molar-refractivity contribution in [1.29, 1.82) is 0 Å². The molecule has 1 rings (SSSR count). The number of nitrogens with one attached hydrogen (secondary N) is 2. The first kappa shape index (κ1) is 16.1. The van der Waals surface area contributed by atoms with Gasteiger partial charge in [-0.25, -0.2) is 4.79 Å². The highest BCUT2D eigenvalue weighted by molar-refractivity contribution is 7.80. The molecule has 0 aromatic heterocycles. The number of carbonyl (C=O) groups is 2. The smallest absolute Gasteiger partial charge is 0.326 e. The third kappa shape index (κ3) is 5.36. The Morgan fingerprint density at radius 2 is 1.95 bits per heavy atom. The van der Waals surface area contributed by atoms with Gasteiger partial charge in [0.15, 0.2) is 5.11 Å². The Bertz CT molecular complexity index is 477. The molecule has 0 aliphatic rings. The third-order valence-corrected chi connectivity index (χ3v) is 2.93. The van der Waals surface area contributed by atoms with Gasteiger partial charge in [-0.15, -0.1) is 0 Å². The number of carboxylic acid groups (broad SMARTS) is 1. The van der Waals surface area contributed by atoms with Crippen molar-refractivity contribution >= 4 is 29.2 Å². The van der Waals surface area contributed by atoms with E-state index in [1.807, 2.05) is 6.92 Å². The Morgan fingerprint density at radius 1 is 1.30 bits per heavy atom. The number of unbranched alkanes of at least 4 members (excludes halogenated alkanes) is 1. The molecule has 6 heteroatoms. The number of hydrogen-bond acceptors (Lipinski definition) is 3. The van der Waals surface area contributed by atoms with E-state index in [9.17, 15) is 9.59 Å². The maximum Gasteiger partial charge on any atom is 0.326 e. The normalized spacial score (nSPS) is 11.4. The lowest BCUT2D eigenvalue weighted by atomic mass is 10.1. The van der Waals surface area contributed by atoms with Crippen molar-refractivity contribution < 1.29 is 14.7 Å². The van der Waals surface area contributed by atoms with Gasteiger partial charge in [0.2, 0.25) is 0 Å². The quantitative estimate of drug-likeness (QED) is 0.699. The molecule has 0 bridgehead atoms. The second-order valence-corrected chi connectivity index (χ2v) is 4.73. The molecule has 0 spiro atoms. The van der Waals surface area contributed by atoms with Gasteiger partial charge in [-0.05, 0) is 30.8 Å². The summed E-state index contributed by atoms with van der Waals surface area (Å²) >= 11 is 4.97. The maximum atomic E-state index is 11.8. The highest BCUT2D eigenvalue weighted by Gasteiger charge is 2.18.